The maximum absolute atomic E-state index is 13.8. The van der Waals surface area contributed by atoms with Gasteiger partial charge < -0.3 is 10.2 Å². The van der Waals surface area contributed by atoms with Gasteiger partial charge in [0.2, 0.25) is 5.91 Å². The standard InChI is InChI=1S/C22H24F4N2O/c1-21(2,3)12-20(29)27-16-5-7-19-15(11-16)8-9-28(19)13-14-4-6-17(18(23)10-14)22(24,25)26/h4-7,10-11H,8-9,12-13H2,1-3H3,(H,27,29). The highest BCUT2D eigenvalue weighted by atomic mass is 19.4. The summed E-state index contributed by atoms with van der Waals surface area (Å²) in [5.41, 5.74) is 1.84. The monoisotopic (exact) mass is 408 g/mol. The largest absolute Gasteiger partial charge is 0.419 e. The van der Waals surface area contributed by atoms with Gasteiger partial charge in [0.05, 0.1) is 5.56 Å². The fourth-order valence-electron chi connectivity index (χ4n) is 3.51. The van der Waals surface area contributed by atoms with E-state index in [1.807, 2.05) is 43.9 Å². The van der Waals surface area contributed by atoms with Crippen molar-refractivity contribution in [2.45, 2.75) is 46.3 Å². The lowest BCUT2D eigenvalue weighted by molar-refractivity contribution is -0.140. The molecule has 156 valence electrons. The van der Waals surface area contributed by atoms with Crippen LogP contribution in [-0.2, 0) is 23.9 Å². The lowest BCUT2D eigenvalue weighted by atomic mass is 9.92. The lowest BCUT2D eigenvalue weighted by Crippen LogP contribution is -2.20. The average Bonchev–Trinajstić information content (AvgIpc) is 2.94. The molecule has 0 aliphatic carbocycles. The van der Waals surface area contributed by atoms with Gasteiger partial charge in [-0.3, -0.25) is 4.79 Å². The van der Waals surface area contributed by atoms with Crippen molar-refractivity contribution < 1.29 is 22.4 Å². The molecule has 7 heteroatoms. The first-order chi connectivity index (χ1) is 13.4. The number of benzene rings is 2. The molecular formula is C22H24F4N2O. The number of carbonyl (C=O) groups excluding carboxylic acids is 1. The number of amides is 1. The Hall–Kier alpha value is -2.57. The van der Waals surface area contributed by atoms with Gasteiger partial charge in [0, 0.05) is 30.9 Å². The zero-order valence-electron chi connectivity index (χ0n) is 16.7. The summed E-state index contributed by atoms with van der Waals surface area (Å²) in [5, 5.41) is 2.91. The van der Waals surface area contributed by atoms with Crippen molar-refractivity contribution in [3.8, 4) is 0 Å². The number of rotatable bonds is 4. The molecular weight excluding hydrogens is 384 g/mol. The Morgan fingerprint density at radius 3 is 2.45 bits per heavy atom. The van der Waals surface area contributed by atoms with Crippen LogP contribution >= 0.6 is 0 Å². The first-order valence-electron chi connectivity index (χ1n) is 9.46. The van der Waals surface area contributed by atoms with Crippen LogP contribution in [0, 0.1) is 11.2 Å². The van der Waals surface area contributed by atoms with Crippen LogP contribution in [0.2, 0.25) is 0 Å². The van der Waals surface area contributed by atoms with Crippen LogP contribution in [0.1, 0.15) is 43.9 Å². The third-order valence-electron chi connectivity index (χ3n) is 4.76. The summed E-state index contributed by atoms with van der Waals surface area (Å²) in [6.45, 7) is 6.99. The van der Waals surface area contributed by atoms with Gasteiger partial charge in [-0.05, 0) is 53.3 Å². The van der Waals surface area contributed by atoms with E-state index >= 15 is 0 Å². The second-order valence-electron chi connectivity index (χ2n) is 8.61. The summed E-state index contributed by atoms with van der Waals surface area (Å²) in [7, 11) is 0. The second-order valence-corrected chi connectivity index (χ2v) is 8.61. The van der Waals surface area contributed by atoms with Gasteiger partial charge in [-0.2, -0.15) is 13.2 Å². The molecule has 0 bridgehead atoms. The molecule has 1 aliphatic heterocycles. The molecule has 0 spiro atoms. The molecule has 3 rings (SSSR count). The minimum Gasteiger partial charge on any atom is -0.367 e. The Morgan fingerprint density at radius 1 is 1.10 bits per heavy atom. The molecule has 0 saturated heterocycles. The Balaban J connectivity index is 1.70. The van der Waals surface area contributed by atoms with E-state index in [9.17, 15) is 22.4 Å². The Bertz CT molecular complexity index is 916. The van der Waals surface area contributed by atoms with Crippen LogP contribution in [0.5, 0.6) is 0 Å². The zero-order chi connectivity index (χ0) is 21.4. The molecule has 1 amide bonds. The van der Waals surface area contributed by atoms with E-state index in [4.69, 9.17) is 0 Å². The number of anilines is 2. The Morgan fingerprint density at radius 2 is 1.83 bits per heavy atom. The quantitative estimate of drug-likeness (QED) is 0.650. The molecule has 0 fully saturated rings. The first kappa shape index (κ1) is 21.1. The molecule has 0 atom stereocenters. The van der Waals surface area contributed by atoms with Crippen molar-refractivity contribution in [1.29, 1.82) is 0 Å². The maximum atomic E-state index is 13.8. The Labute approximate surface area is 167 Å². The van der Waals surface area contributed by atoms with E-state index in [1.54, 1.807) is 0 Å². The van der Waals surface area contributed by atoms with Gasteiger partial charge in [-0.1, -0.05) is 26.8 Å². The summed E-state index contributed by atoms with van der Waals surface area (Å²) in [5.74, 6) is -1.31. The van der Waals surface area contributed by atoms with Crippen LogP contribution in [0.15, 0.2) is 36.4 Å². The number of hydrogen-bond donors (Lipinski definition) is 1. The van der Waals surface area contributed by atoms with Crippen molar-refractivity contribution in [1.82, 2.24) is 0 Å². The molecule has 2 aromatic carbocycles. The van der Waals surface area contributed by atoms with E-state index in [2.05, 4.69) is 5.32 Å². The SMILES string of the molecule is CC(C)(C)CC(=O)Nc1ccc2c(c1)CCN2Cc1ccc(C(F)(F)F)c(F)c1. The molecule has 0 saturated carbocycles. The highest BCUT2D eigenvalue weighted by Crippen LogP contribution is 2.34. The molecule has 0 radical (unpaired) electrons. The smallest absolute Gasteiger partial charge is 0.367 e. The Kier molecular flexibility index (Phi) is 5.61. The summed E-state index contributed by atoms with van der Waals surface area (Å²) in [6.07, 6.45) is -3.53. The van der Waals surface area contributed by atoms with Crippen LogP contribution in [0.25, 0.3) is 0 Å². The van der Waals surface area contributed by atoms with Gasteiger partial charge in [0.1, 0.15) is 5.82 Å². The topological polar surface area (TPSA) is 32.3 Å². The fourth-order valence-corrected chi connectivity index (χ4v) is 3.51. The third kappa shape index (κ3) is 5.28. The predicted octanol–water partition coefficient (Wildman–Crippen LogP) is 5.78. The van der Waals surface area contributed by atoms with E-state index in [0.29, 0.717) is 25.1 Å². The molecule has 1 N–H and O–H groups in total. The fraction of sp³-hybridized carbons (Fsp3) is 0.409. The molecule has 1 aliphatic rings. The average molecular weight is 408 g/mol. The van der Waals surface area contributed by atoms with Crippen LogP contribution < -0.4 is 10.2 Å². The highest BCUT2D eigenvalue weighted by molar-refractivity contribution is 5.91. The second kappa shape index (κ2) is 7.69. The maximum Gasteiger partial charge on any atom is 0.419 e. The minimum absolute atomic E-state index is 0.0486. The van der Waals surface area contributed by atoms with Crippen molar-refractivity contribution >= 4 is 17.3 Å². The van der Waals surface area contributed by atoms with Gasteiger partial charge in [0.15, 0.2) is 0 Å². The number of hydrogen-bond acceptors (Lipinski definition) is 2. The molecule has 3 nitrogen and oxygen atoms in total. The summed E-state index contributed by atoms with van der Waals surface area (Å²) in [4.78, 5) is 14.1. The molecule has 1 heterocycles. The molecule has 2 aromatic rings. The van der Waals surface area contributed by atoms with Crippen LogP contribution in [0.4, 0.5) is 28.9 Å². The van der Waals surface area contributed by atoms with Crippen molar-refractivity contribution in [2.24, 2.45) is 5.41 Å². The highest BCUT2D eigenvalue weighted by Gasteiger charge is 2.34. The normalized spacial score (nSPS) is 14.1. The first-order valence-corrected chi connectivity index (χ1v) is 9.46. The molecule has 0 unspecified atom stereocenters. The molecule has 0 aromatic heterocycles. The van der Waals surface area contributed by atoms with Crippen LogP contribution in [0.3, 0.4) is 0 Å². The lowest BCUT2D eigenvalue weighted by Gasteiger charge is -2.21. The third-order valence-corrected chi connectivity index (χ3v) is 4.76. The van der Waals surface area contributed by atoms with E-state index < -0.39 is 17.6 Å². The minimum atomic E-state index is -4.70. The van der Waals surface area contributed by atoms with E-state index in [0.717, 1.165) is 35.5 Å². The number of halogens is 4. The van der Waals surface area contributed by atoms with Crippen molar-refractivity contribution in [3.05, 3.63) is 58.9 Å². The number of alkyl halides is 3. The summed E-state index contributed by atoms with van der Waals surface area (Å²) >= 11 is 0. The number of nitrogens with zero attached hydrogens (tertiary/aromatic N) is 1. The van der Waals surface area contributed by atoms with Crippen LogP contribution in [-0.4, -0.2) is 12.5 Å². The van der Waals surface area contributed by atoms with Crippen molar-refractivity contribution in [3.63, 3.8) is 0 Å². The number of fused-ring (bicyclic) bond motifs is 1. The predicted molar refractivity (Wildman–Crippen MR) is 105 cm³/mol. The van der Waals surface area contributed by atoms with E-state index in [1.165, 1.54) is 6.07 Å². The van der Waals surface area contributed by atoms with E-state index in [-0.39, 0.29) is 11.3 Å². The van der Waals surface area contributed by atoms with Gasteiger partial charge in [0.25, 0.3) is 0 Å². The van der Waals surface area contributed by atoms with Gasteiger partial charge in [-0.25, -0.2) is 4.39 Å². The summed E-state index contributed by atoms with van der Waals surface area (Å²) < 4.78 is 52.0. The number of carbonyl (C=O) groups is 1. The zero-order valence-corrected chi connectivity index (χ0v) is 16.7. The van der Waals surface area contributed by atoms with Gasteiger partial charge >= 0.3 is 6.18 Å². The van der Waals surface area contributed by atoms with Gasteiger partial charge in [-0.15, -0.1) is 0 Å². The van der Waals surface area contributed by atoms with Crippen molar-refractivity contribution in [2.75, 3.05) is 16.8 Å². The molecule has 29 heavy (non-hydrogen) atoms. The number of nitrogens with one attached hydrogen (secondary N) is 1. The summed E-state index contributed by atoms with van der Waals surface area (Å²) in [6, 6.07) is 8.66.